The Morgan fingerprint density at radius 1 is 0.847 bits per heavy atom. The van der Waals surface area contributed by atoms with Gasteiger partial charge in [-0.3, -0.25) is 19.4 Å². The predicted molar refractivity (Wildman–Crippen MR) is 234 cm³/mol. The van der Waals surface area contributed by atoms with E-state index < -0.39 is 86.3 Å². The van der Waals surface area contributed by atoms with Crippen molar-refractivity contribution in [2.75, 3.05) is 62.3 Å². The molecule has 0 radical (unpaired) electrons. The van der Waals surface area contributed by atoms with Gasteiger partial charge in [0.1, 0.15) is 49.1 Å². The molecule has 3 heterocycles. The van der Waals surface area contributed by atoms with Crippen LogP contribution in [0, 0.1) is 5.92 Å². The standard InChI is InChI=1S/C36H57ClN9O12.2C2HF3O2/c1-3-45-21-6-5-20(11-22(21)46(4-2)27(45)15-44(18-49)35-34(39)41-33(38)32(37)40-35)36(58)43-9-7-19(8-10-43)12-42(13-23(50)28(54)30(56)25(52)16-47)14-24(51)29(55)31(57)26(53)17-48;2*3-2(4,5)1(6)7/h5-6,11,18-19,23-26,28-31,47-48,50-57H,3-4,7-10,12-17H2,1-2H3,(H4,38,39,41);2*(H,6,7)/q+1;;/p-1/t23-,24-,25+,26+,28+,29+,30+,31+;;/m0../s1. The van der Waals surface area contributed by atoms with E-state index in [0.717, 1.165) is 16.9 Å². The topological polar surface area (TPSA) is 410 Å². The number of nitrogen functional groups attached to an aromatic ring is 2. The highest BCUT2D eigenvalue weighted by Crippen LogP contribution is 2.28. The summed E-state index contributed by atoms with van der Waals surface area (Å²) in [7, 11) is 0. The summed E-state index contributed by atoms with van der Waals surface area (Å²) in [6.07, 6.45) is -23.2. The lowest BCUT2D eigenvalue weighted by Crippen LogP contribution is -2.54. The van der Waals surface area contributed by atoms with Crippen LogP contribution in [-0.4, -0.2) is 212 Å². The van der Waals surface area contributed by atoms with Crippen LogP contribution in [0.4, 0.5) is 43.8 Å². The summed E-state index contributed by atoms with van der Waals surface area (Å²) in [6.45, 7) is 3.29. The molecule has 25 nitrogen and oxygen atoms in total. The van der Waals surface area contributed by atoms with Crippen molar-refractivity contribution < 1.29 is 111 Å². The number of hydrogen-bond acceptors (Lipinski definition) is 20. The third-order valence-corrected chi connectivity index (χ3v) is 11.4. The summed E-state index contributed by atoms with van der Waals surface area (Å²) < 4.78 is 67.3. The molecule has 15 N–H and O–H groups in total. The molecule has 8 atom stereocenters. The maximum atomic E-state index is 13.9. The molecule has 1 aliphatic heterocycles. The van der Waals surface area contributed by atoms with E-state index in [1.54, 1.807) is 17.0 Å². The number of benzene rings is 1. The van der Waals surface area contributed by atoms with E-state index in [0.29, 0.717) is 51.0 Å². The number of aliphatic hydroxyl groups excluding tert-OH is 10. The van der Waals surface area contributed by atoms with Gasteiger partial charge < -0.3 is 82.4 Å². The number of hydrogen-bond donors (Lipinski definition) is 13. The monoisotopic (exact) mass is 1070 g/mol. The van der Waals surface area contributed by atoms with Crippen molar-refractivity contribution in [1.29, 1.82) is 0 Å². The number of aliphatic hydroxyl groups is 10. The van der Waals surface area contributed by atoms with Gasteiger partial charge in [-0.1, -0.05) is 11.6 Å². The molecule has 1 fully saturated rings. The number of halogens is 7. The summed E-state index contributed by atoms with van der Waals surface area (Å²) in [5, 5.41) is 116. The highest BCUT2D eigenvalue weighted by molar-refractivity contribution is 6.31. The van der Waals surface area contributed by atoms with E-state index >= 15 is 0 Å². The van der Waals surface area contributed by atoms with Crippen molar-refractivity contribution in [2.45, 2.75) is 108 Å². The number of carbonyl (C=O) groups is 4. The number of carbonyl (C=O) groups excluding carboxylic acids is 3. The van der Waals surface area contributed by atoms with Gasteiger partial charge in [0.05, 0.1) is 38.5 Å². The first-order valence-corrected chi connectivity index (χ1v) is 21.9. The van der Waals surface area contributed by atoms with Gasteiger partial charge in [0.15, 0.2) is 33.6 Å². The molecular formula is C40H58ClF6N9O16. The summed E-state index contributed by atoms with van der Waals surface area (Å²) >= 11 is 6.09. The molecule has 1 saturated heterocycles. The van der Waals surface area contributed by atoms with Gasteiger partial charge in [-0.25, -0.2) is 23.9 Å². The fourth-order valence-corrected chi connectivity index (χ4v) is 7.44. The number of anilines is 3. The second-order valence-corrected chi connectivity index (χ2v) is 16.4. The van der Waals surface area contributed by atoms with Crippen molar-refractivity contribution in [1.82, 2.24) is 24.3 Å². The average molecular weight is 1070 g/mol. The molecule has 4 rings (SSSR count). The van der Waals surface area contributed by atoms with Crippen LogP contribution < -0.4 is 26.0 Å². The van der Waals surface area contributed by atoms with Gasteiger partial charge in [-0.05, 0) is 44.7 Å². The Hall–Kier alpha value is -5.32. The van der Waals surface area contributed by atoms with Crippen LogP contribution in [0.15, 0.2) is 18.2 Å². The zero-order valence-corrected chi connectivity index (χ0v) is 39.1. The molecule has 3 aromatic rings. The molecule has 0 saturated carbocycles. The summed E-state index contributed by atoms with van der Waals surface area (Å²) in [6, 6.07) is 5.38. The molecule has 1 aliphatic rings. The van der Waals surface area contributed by atoms with Gasteiger partial charge in [-0.2, -0.15) is 26.3 Å². The number of aryl methyl sites for hydroxylation is 2. The number of carboxylic acid groups (broad SMARTS) is 2. The van der Waals surface area contributed by atoms with Gasteiger partial charge in [0.25, 0.3) is 11.7 Å². The Kier molecular flexibility index (Phi) is 24.1. The van der Waals surface area contributed by atoms with E-state index in [1.807, 2.05) is 29.0 Å². The summed E-state index contributed by atoms with van der Waals surface area (Å²) in [4.78, 5) is 56.5. The SMILES string of the molecule is CCn1c(CN(C=O)c2nc(Cl)c(N)nc2N)[n+](CC)c2ccc(C(=O)N3CCC(CN(C[C@H](O)[C@@H](O)[C@H](O)[C@H](O)CO)C[C@H](O)[C@@H](O)[C@H](O)[C@H](O)CO)CC3)cc21.O=C(O)C(F)(F)F.O=C([O-])C(F)(F)F. The molecule has 0 bridgehead atoms. The first-order chi connectivity index (χ1) is 33.4. The predicted octanol–water partition coefficient (Wildman–Crippen LogP) is -4.30. The highest BCUT2D eigenvalue weighted by Gasteiger charge is 2.39. The van der Waals surface area contributed by atoms with Crippen molar-refractivity contribution in [3.05, 3.63) is 34.7 Å². The Morgan fingerprint density at radius 3 is 1.72 bits per heavy atom. The van der Waals surface area contributed by atoms with Crippen molar-refractivity contribution >= 4 is 64.3 Å². The van der Waals surface area contributed by atoms with Crippen LogP contribution in [0.5, 0.6) is 0 Å². The number of nitrogens with zero attached hydrogens (tertiary/aromatic N) is 7. The Balaban J connectivity index is 0.00000111. The lowest BCUT2D eigenvalue weighted by atomic mass is 9.94. The molecule has 408 valence electrons. The third-order valence-electron chi connectivity index (χ3n) is 11.1. The van der Waals surface area contributed by atoms with Crippen LogP contribution in [0.2, 0.25) is 5.15 Å². The van der Waals surface area contributed by atoms with Crippen LogP contribution in [-0.2, 0) is 34.0 Å². The van der Waals surface area contributed by atoms with E-state index in [-0.39, 0.29) is 60.6 Å². The minimum absolute atomic E-state index is 0.0445. The zero-order chi connectivity index (χ0) is 55.2. The molecule has 1 aromatic carbocycles. The fraction of sp³-hybridized carbons (Fsp3) is 0.625. The number of aliphatic carboxylic acids is 2. The lowest BCUT2D eigenvalue weighted by molar-refractivity contribution is -0.676. The summed E-state index contributed by atoms with van der Waals surface area (Å²) in [5.41, 5.74) is 13.8. The normalized spacial score (nSPS) is 16.8. The maximum absolute atomic E-state index is 13.9. The lowest BCUT2D eigenvalue weighted by Gasteiger charge is -2.38. The molecule has 0 spiro atoms. The number of rotatable bonds is 21. The average Bonchev–Trinajstić information content (AvgIpc) is 3.63. The molecule has 72 heavy (non-hydrogen) atoms. The van der Waals surface area contributed by atoms with Crippen molar-refractivity contribution in [2.24, 2.45) is 5.92 Å². The number of carboxylic acids is 2. The van der Waals surface area contributed by atoms with E-state index in [9.17, 15) is 76.8 Å². The van der Waals surface area contributed by atoms with E-state index in [1.165, 1.54) is 9.80 Å². The number of amides is 2. The van der Waals surface area contributed by atoms with Crippen LogP contribution >= 0.6 is 11.6 Å². The third kappa shape index (κ3) is 17.1. The number of likely N-dealkylation sites (tertiary alicyclic amines) is 1. The largest absolute Gasteiger partial charge is 0.542 e. The number of aromatic nitrogens is 4. The van der Waals surface area contributed by atoms with Crippen LogP contribution in [0.1, 0.15) is 42.9 Å². The van der Waals surface area contributed by atoms with Gasteiger partial charge >= 0.3 is 18.3 Å². The smallest absolute Gasteiger partial charge is 0.490 e. The zero-order valence-electron chi connectivity index (χ0n) is 38.4. The van der Waals surface area contributed by atoms with Crippen LogP contribution in [0.3, 0.4) is 0 Å². The first kappa shape index (κ1) is 62.8. The Bertz CT molecular complexity index is 2210. The van der Waals surface area contributed by atoms with Crippen molar-refractivity contribution in [3.8, 4) is 0 Å². The maximum Gasteiger partial charge on any atom is 0.490 e. The number of nitrogens with two attached hydrogens (primary N) is 2. The Labute approximate surface area is 409 Å². The second kappa shape index (κ2) is 27.7. The second-order valence-electron chi connectivity index (χ2n) is 16.1. The number of piperidine rings is 1. The molecule has 2 amide bonds. The molecule has 2 aromatic heterocycles. The Morgan fingerprint density at radius 2 is 1.32 bits per heavy atom. The van der Waals surface area contributed by atoms with E-state index in [4.69, 9.17) is 53.1 Å². The minimum atomic E-state index is -5.19. The number of fused-ring (bicyclic) bond motifs is 1. The number of alkyl halides is 6. The number of imidazole rings is 1. The van der Waals surface area contributed by atoms with Crippen molar-refractivity contribution in [3.63, 3.8) is 0 Å². The molecular weight excluding hydrogens is 1010 g/mol. The van der Waals surface area contributed by atoms with Crippen LogP contribution in [0.25, 0.3) is 11.0 Å². The summed E-state index contributed by atoms with van der Waals surface area (Å²) in [5.74, 6) is -5.48. The van der Waals surface area contributed by atoms with Gasteiger partial charge in [0.2, 0.25) is 6.41 Å². The quantitative estimate of drug-likeness (QED) is 0.0273. The van der Waals surface area contributed by atoms with E-state index in [2.05, 4.69) is 9.97 Å². The van der Waals surface area contributed by atoms with Gasteiger partial charge in [0, 0.05) is 44.4 Å². The fourth-order valence-electron chi connectivity index (χ4n) is 7.32. The minimum Gasteiger partial charge on any atom is -0.542 e. The van der Waals surface area contributed by atoms with Gasteiger partial charge in [-0.15, -0.1) is 0 Å². The highest BCUT2D eigenvalue weighted by atomic mass is 35.5. The molecule has 0 aliphatic carbocycles. The molecule has 0 unspecified atom stereocenters. The molecule has 32 heteroatoms. The first-order valence-electron chi connectivity index (χ1n) is 21.5.